The summed E-state index contributed by atoms with van der Waals surface area (Å²) in [6.45, 7) is 12.0. The second kappa shape index (κ2) is 6.74. The Kier molecular flexibility index (Phi) is 4.51. The molecule has 0 nitrogen and oxygen atoms in total. The van der Waals surface area contributed by atoms with Crippen molar-refractivity contribution < 1.29 is 0 Å². The molecular weight excluding hydrogens is 288 g/mol. The van der Waals surface area contributed by atoms with E-state index in [1.165, 1.54) is 27.8 Å². The van der Waals surface area contributed by atoms with E-state index in [1.54, 1.807) is 0 Å². The maximum absolute atomic E-state index is 3.94. The van der Waals surface area contributed by atoms with Crippen molar-refractivity contribution in [3.8, 4) is 11.1 Å². The maximum atomic E-state index is 3.94. The second-order valence-electron chi connectivity index (χ2n) is 6.11. The summed E-state index contributed by atoms with van der Waals surface area (Å²) in [5.41, 5.74) is 13.0. The van der Waals surface area contributed by atoms with Crippen LogP contribution in [0, 0.1) is 6.92 Å². The topological polar surface area (TPSA) is 0 Å². The largest absolute Gasteiger partial charge is 0.119 e. The Morgan fingerprint density at radius 2 is 1.79 bits per heavy atom. The lowest BCUT2D eigenvalue weighted by Crippen LogP contribution is -1.89. The molecule has 2 aromatic rings. The molecule has 24 heavy (non-hydrogen) atoms. The number of rotatable bonds is 4. The predicted molar refractivity (Wildman–Crippen MR) is 105 cm³/mol. The third kappa shape index (κ3) is 2.85. The summed E-state index contributed by atoms with van der Waals surface area (Å²) >= 11 is 0. The molecule has 1 aliphatic rings. The summed E-state index contributed by atoms with van der Waals surface area (Å²) in [5, 5.41) is 0. The van der Waals surface area contributed by atoms with E-state index in [-0.39, 0.29) is 0 Å². The molecule has 0 aliphatic heterocycles. The van der Waals surface area contributed by atoms with Crippen molar-refractivity contribution in [3.05, 3.63) is 107 Å². The van der Waals surface area contributed by atoms with Gasteiger partial charge in [-0.15, -0.1) is 5.73 Å². The Hall–Kier alpha value is -2.82. The normalized spacial score (nSPS) is 12.7. The molecule has 0 aromatic heterocycles. The number of hydrogen-bond acceptors (Lipinski definition) is 0. The molecule has 0 saturated carbocycles. The summed E-state index contributed by atoms with van der Waals surface area (Å²) < 4.78 is 0. The minimum Gasteiger partial charge on any atom is -0.119 e. The standard InChI is InChI=1S/C24H22/c1-5-8-9-18(6-2)22(7-3)21-13-12-20-15-19-11-10-17(4)14-23(19)24(20)16-21/h5-6,8-14,16H,2-3,15H2,1,4H3/b8-5-,18-9+. The summed E-state index contributed by atoms with van der Waals surface area (Å²) in [7, 11) is 0. The van der Waals surface area contributed by atoms with E-state index in [2.05, 4.69) is 62.2 Å². The first-order chi connectivity index (χ1) is 11.7. The third-order valence-corrected chi connectivity index (χ3v) is 4.49. The molecule has 2 aromatic carbocycles. The van der Waals surface area contributed by atoms with Gasteiger partial charge >= 0.3 is 0 Å². The monoisotopic (exact) mass is 310 g/mol. The highest BCUT2D eigenvalue weighted by molar-refractivity contribution is 5.86. The molecule has 0 N–H and O–H groups in total. The van der Waals surface area contributed by atoms with Crippen LogP contribution < -0.4 is 0 Å². The van der Waals surface area contributed by atoms with Crippen LogP contribution in [-0.4, -0.2) is 0 Å². The molecule has 0 radical (unpaired) electrons. The van der Waals surface area contributed by atoms with Crippen LogP contribution in [0.5, 0.6) is 0 Å². The van der Waals surface area contributed by atoms with Crippen molar-refractivity contribution in [1.29, 1.82) is 0 Å². The molecule has 0 fully saturated rings. The molecule has 3 rings (SSSR count). The summed E-state index contributed by atoms with van der Waals surface area (Å²) in [5.74, 6) is 0. The fraction of sp³-hybridized carbons (Fsp3) is 0.125. The highest BCUT2D eigenvalue weighted by Gasteiger charge is 2.19. The van der Waals surface area contributed by atoms with Crippen LogP contribution in [0.4, 0.5) is 0 Å². The summed E-state index contributed by atoms with van der Waals surface area (Å²) in [6.07, 6.45) is 8.94. The van der Waals surface area contributed by atoms with E-state index >= 15 is 0 Å². The van der Waals surface area contributed by atoms with Gasteiger partial charge in [-0.3, -0.25) is 0 Å². The van der Waals surface area contributed by atoms with E-state index in [0.717, 1.165) is 23.1 Å². The Bertz CT molecular complexity index is 913. The average Bonchev–Trinajstić information content (AvgIpc) is 2.95. The molecule has 0 unspecified atom stereocenters. The Labute approximate surface area is 144 Å². The van der Waals surface area contributed by atoms with E-state index in [1.807, 2.05) is 31.2 Å². The average molecular weight is 310 g/mol. The predicted octanol–water partition coefficient (Wildman–Crippen LogP) is 6.42. The molecular formula is C24H22. The summed E-state index contributed by atoms with van der Waals surface area (Å²) in [4.78, 5) is 0. The van der Waals surface area contributed by atoms with Crippen LogP contribution in [0.3, 0.4) is 0 Å². The van der Waals surface area contributed by atoms with Crippen LogP contribution >= 0.6 is 0 Å². The third-order valence-electron chi connectivity index (χ3n) is 4.49. The van der Waals surface area contributed by atoms with Gasteiger partial charge in [0.05, 0.1) is 0 Å². The van der Waals surface area contributed by atoms with Crippen molar-refractivity contribution in [3.63, 3.8) is 0 Å². The zero-order valence-corrected chi connectivity index (χ0v) is 14.4. The zero-order valence-electron chi connectivity index (χ0n) is 14.4. The highest BCUT2D eigenvalue weighted by atomic mass is 14.2. The SMILES string of the molecule is C=C=C(/C(C=C)=C/C=C\C)c1ccc2c(c1)-c1cc(C)ccc1C2. The fourth-order valence-corrected chi connectivity index (χ4v) is 3.26. The van der Waals surface area contributed by atoms with Gasteiger partial charge in [-0.25, -0.2) is 0 Å². The van der Waals surface area contributed by atoms with Crippen LogP contribution in [-0.2, 0) is 6.42 Å². The van der Waals surface area contributed by atoms with Crippen LogP contribution in [0.25, 0.3) is 16.7 Å². The van der Waals surface area contributed by atoms with Gasteiger partial charge in [-0.2, -0.15) is 0 Å². The Morgan fingerprint density at radius 3 is 2.46 bits per heavy atom. The molecule has 0 bridgehead atoms. The number of aryl methyl sites for hydroxylation is 1. The molecule has 118 valence electrons. The number of hydrogen-bond donors (Lipinski definition) is 0. The molecule has 0 amide bonds. The molecule has 0 spiro atoms. The molecule has 1 aliphatic carbocycles. The van der Waals surface area contributed by atoms with Crippen molar-refractivity contribution >= 4 is 5.57 Å². The van der Waals surface area contributed by atoms with Crippen molar-refractivity contribution in [1.82, 2.24) is 0 Å². The van der Waals surface area contributed by atoms with Gasteiger partial charge in [0.2, 0.25) is 0 Å². The smallest absolute Gasteiger partial charge is 0.0303 e. The van der Waals surface area contributed by atoms with Crippen molar-refractivity contribution in [2.75, 3.05) is 0 Å². The van der Waals surface area contributed by atoms with Crippen LogP contribution in [0.2, 0.25) is 0 Å². The van der Waals surface area contributed by atoms with E-state index < -0.39 is 0 Å². The lowest BCUT2D eigenvalue weighted by Gasteiger charge is -2.09. The Morgan fingerprint density at radius 1 is 1.08 bits per heavy atom. The second-order valence-corrected chi connectivity index (χ2v) is 6.11. The number of fused-ring (bicyclic) bond motifs is 3. The van der Waals surface area contributed by atoms with Crippen molar-refractivity contribution in [2.45, 2.75) is 20.3 Å². The first-order valence-electron chi connectivity index (χ1n) is 8.27. The van der Waals surface area contributed by atoms with Gasteiger partial charge in [0.25, 0.3) is 0 Å². The minimum absolute atomic E-state index is 0.993. The first kappa shape index (κ1) is 16.1. The molecule has 0 saturated heterocycles. The molecule has 0 heterocycles. The van der Waals surface area contributed by atoms with Crippen molar-refractivity contribution in [2.24, 2.45) is 0 Å². The quantitative estimate of drug-likeness (QED) is 0.385. The van der Waals surface area contributed by atoms with Gasteiger partial charge in [-0.1, -0.05) is 73.4 Å². The lowest BCUT2D eigenvalue weighted by atomic mass is 9.94. The van der Waals surface area contributed by atoms with E-state index in [9.17, 15) is 0 Å². The highest BCUT2D eigenvalue weighted by Crippen LogP contribution is 2.39. The zero-order chi connectivity index (χ0) is 17.1. The minimum atomic E-state index is 0.993. The first-order valence-corrected chi connectivity index (χ1v) is 8.27. The molecule has 0 atom stereocenters. The molecule has 0 heteroatoms. The summed E-state index contributed by atoms with van der Waals surface area (Å²) in [6, 6.07) is 13.4. The lowest BCUT2D eigenvalue weighted by molar-refractivity contribution is 1.25. The van der Waals surface area contributed by atoms with E-state index in [4.69, 9.17) is 0 Å². The van der Waals surface area contributed by atoms with Gasteiger partial charge in [0, 0.05) is 5.57 Å². The number of allylic oxidation sites excluding steroid dienone is 6. The number of benzene rings is 2. The van der Waals surface area contributed by atoms with Crippen LogP contribution in [0.1, 0.15) is 29.2 Å². The van der Waals surface area contributed by atoms with Gasteiger partial charge in [0.1, 0.15) is 0 Å². The maximum Gasteiger partial charge on any atom is 0.0303 e. The Balaban J connectivity index is 2.11. The van der Waals surface area contributed by atoms with Crippen LogP contribution in [0.15, 0.2) is 85.2 Å². The fourth-order valence-electron chi connectivity index (χ4n) is 3.26. The van der Waals surface area contributed by atoms with E-state index in [0.29, 0.717) is 0 Å². The van der Waals surface area contributed by atoms with Gasteiger partial charge in [0.15, 0.2) is 0 Å². The van der Waals surface area contributed by atoms with Gasteiger partial charge in [-0.05, 0) is 59.7 Å². The van der Waals surface area contributed by atoms with Gasteiger partial charge < -0.3 is 0 Å².